The van der Waals surface area contributed by atoms with Gasteiger partial charge in [0, 0.05) is 0 Å². The maximum absolute atomic E-state index is 2.41. The number of allylic oxidation sites excluding steroid dienone is 1. The number of hydrogen-bond donors (Lipinski definition) is 0. The Morgan fingerprint density at radius 1 is 0.950 bits per heavy atom. The lowest BCUT2D eigenvalue weighted by Crippen LogP contribution is -1.93. The van der Waals surface area contributed by atoms with E-state index in [2.05, 4.69) is 70.2 Å². The van der Waals surface area contributed by atoms with Crippen molar-refractivity contribution in [3.63, 3.8) is 0 Å². The highest BCUT2D eigenvalue weighted by molar-refractivity contribution is 5.82. The van der Waals surface area contributed by atoms with Crippen molar-refractivity contribution in [3.05, 3.63) is 64.2 Å². The topological polar surface area (TPSA) is 0 Å². The molecule has 0 saturated heterocycles. The van der Waals surface area contributed by atoms with Crippen LogP contribution in [0.1, 0.15) is 36.1 Å². The van der Waals surface area contributed by atoms with Gasteiger partial charge >= 0.3 is 0 Å². The van der Waals surface area contributed by atoms with Crippen LogP contribution in [0.2, 0.25) is 0 Å². The molecule has 0 nitrogen and oxygen atoms in total. The standard InChI is InChI=1S/C20H22/c1-13(2)17-11-16-6-5-7-18(20(16)12-17)19-10-14(3)8-9-15(19)4/h5-10,12-13H,11H2,1-4H3. The van der Waals surface area contributed by atoms with E-state index in [4.69, 9.17) is 0 Å². The molecule has 1 aliphatic carbocycles. The molecule has 0 saturated carbocycles. The zero-order valence-corrected chi connectivity index (χ0v) is 12.8. The smallest absolute Gasteiger partial charge is 0.00550 e. The number of benzene rings is 2. The summed E-state index contributed by atoms with van der Waals surface area (Å²) >= 11 is 0. The first-order valence-corrected chi connectivity index (χ1v) is 7.46. The van der Waals surface area contributed by atoms with E-state index in [1.165, 1.54) is 33.4 Å². The highest BCUT2D eigenvalue weighted by Crippen LogP contribution is 2.37. The molecule has 2 aromatic rings. The van der Waals surface area contributed by atoms with Crippen LogP contribution in [0, 0.1) is 19.8 Å². The van der Waals surface area contributed by atoms with Crippen molar-refractivity contribution in [2.75, 3.05) is 0 Å². The second-order valence-corrected chi connectivity index (χ2v) is 6.25. The van der Waals surface area contributed by atoms with Gasteiger partial charge in [0.05, 0.1) is 0 Å². The Morgan fingerprint density at radius 3 is 2.50 bits per heavy atom. The predicted molar refractivity (Wildman–Crippen MR) is 87.9 cm³/mol. The average molecular weight is 262 g/mol. The van der Waals surface area contributed by atoms with Crippen molar-refractivity contribution in [1.29, 1.82) is 0 Å². The van der Waals surface area contributed by atoms with E-state index in [-0.39, 0.29) is 0 Å². The molecule has 20 heavy (non-hydrogen) atoms. The molecule has 0 bridgehead atoms. The van der Waals surface area contributed by atoms with Crippen LogP contribution in [0.25, 0.3) is 17.2 Å². The van der Waals surface area contributed by atoms with Gasteiger partial charge in [-0.25, -0.2) is 0 Å². The number of fused-ring (bicyclic) bond motifs is 1. The van der Waals surface area contributed by atoms with Crippen LogP contribution in [0.3, 0.4) is 0 Å². The lowest BCUT2D eigenvalue weighted by molar-refractivity contribution is 0.754. The van der Waals surface area contributed by atoms with Crippen molar-refractivity contribution in [1.82, 2.24) is 0 Å². The van der Waals surface area contributed by atoms with Crippen molar-refractivity contribution < 1.29 is 0 Å². The molecule has 0 unspecified atom stereocenters. The van der Waals surface area contributed by atoms with E-state index in [9.17, 15) is 0 Å². The SMILES string of the molecule is Cc1ccc(C)c(-c2cccc3c2C=C(C(C)C)C3)c1. The number of hydrogen-bond acceptors (Lipinski definition) is 0. The zero-order valence-electron chi connectivity index (χ0n) is 12.8. The van der Waals surface area contributed by atoms with Crippen LogP contribution < -0.4 is 0 Å². The summed E-state index contributed by atoms with van der Waals surface area (Å²) in [5.41, 5.74) is 9.92. The lowest BCUT2D eigenvalue weighted by atomic mass is 9.93. The van der Waals surface area contributed by atoms with Crippen LogP contribution in [-0.2, 0) is 6.42 Å². The Kier molecular flexibility index (Phi) is 3.25. The molecule has 0 aromatic heterocycles. The summed E-state index contributed by atoms with van der Waals surface area (Å²) in [6.45, 7) is 8.95. The molecule has 0 aliphatic heterocycles. The Morgan fingerprint density at radius 2 is 1.75 bits per heavy atom. The first kappa shape index (κ1) is 13.2. The second-order valence-electron chi connectivity index (χ2n) is 6.25. The third-order valence-corrected chi connectivity index (χ3v) is 4.35. The monoisotopic (exact) mass is 262 g/mol. The summed E-state index contributed by atoms with van der Waals surface area (Å²) in [5, 5.41) is 0. The molecule has 0 atom stereocenters. The third-order valence-electron chi connectivity index (χ3n) is 4.35. The Hall–Kier alpha value is -1.82. The van der Waals surface area contributed by atoms with Gasteiger partial charge in [-0.15, -0.1) is 0 Å². The molecule has 0 spiro atoms. The number of rotatable bonds is 2. The second kappa shape index (κ2) is 4.94. The quantitative estimate of drug-likeness (QED) is 0.664. The minimum absolute atomic E-state index is 0.633. The maximum Gasteiger partial charge on any atom is -0.00550 e. The Bertz CT molecular complexity index is 687. The van der Waals surface area contributed by atoms with Gasteiger partial charge in [0.25, 0.3) is 0 Å². The van der Waals surface area contributed by atoms with Crippen LogP contribution in [-0.4, -0.2) is 0 Å². The van der Waals surface area contributed by atoms with E-state index < -0.39 is 0 Å². The minimum Gasteiger partial charge on any atom is -0.0626 e. The molecular weight excluding hydrogens is 240 g/mol. The van der Waals surface area contributed by atoms with Crippen molar-refractivity contribution >= 4 is 6.08 Å². The molecule has 102 valence electrons. The molecule has 0 fully saturated rings. The molecule has 0 heteroatoms. The zero-order chi connectivity index (χ0) is 14.3. The van der Waals surface area contributed by atoms with Crippen molar-refractivity contribution in [3.8, 4) is 11.1 Å². The van der Waals surface area contributed by atoms with E-state index >= 15 is 0 Å². The first-order valence-electron chi connectivity index (χ1n) is 7.46. The summed E-state index contributed by atoms with van der Waals surface area (Å²) in [4.78, 5) is 0. The van der Waals surface area contributed by atoms with Crippen LogP contribution in [0.5, 0.6) is 0 Å². The molecular formula is C20H22. The summed E-state index contributed by atoms with van der Waals surface area (Å²) in [7, 11) is 0. The maximum atomic E-state index is 2.41. The van der Waals surface area contributed by atoms with Gasteiger partial charge < -0.3 is 0 Å². The minimum atomic E-state index is 0.633. The summed E-state index contributed by atoms with van der Waals surface area (Å²) in [5.74, 6) is 0.633. The van der Waals surface area contributed by atoms with Crippen molar-refractivity contribution in [2.24, 2.45) is 5.92 Å². The van der Waals surface area contributed by atoms with Gasteiger partial charge in [0.1, 0.15) is 0 Å². The fourth-order valence-electron chi connectivity index (χ4n) is 3.03. The summed E-state index contributed by atoms with van der Waals surface area (Å²) in [6, 6.07) is 13.5. The highest BCUT2D eigenvalue weighted by Gasteiger charge is 2.18. The van der Waals surface area contributed by atoms with Crippen LogP contribution in [0.15, 0.2) is 42.0 Å². The van der Waals surface area contributed by atoms with Crippen molar-refractivity contribution in [2.45, 2.75) is 34.1 Å². The highest BCUT2D eigenvalue weighted by atomic mass is 14.2. The van der Waals surface area contributed by atoms with Gasteiger partial charge in [-0.3, -0.25) is 0 Å². The molecule has 0 amide bonds. The van der Waals surface area contributed by atoms with Gasteiger partial charge in [0.2, 0.25) is 0 Å². The van der Waals surface area contributed by atoms with Crippen LogP contribution >= 0.6 is 0 Å². The van der Waals surface area contributed by atoms with E-state index in [0.717, 1.165) is 6.42 Å². The van der Waals surface area contributed by atoms with Gasteiger partial charge in [-0.2, -0.15) is 0 Å². The summed E-state index contributed by atoms with van der Waals surface area (Å²) in [6.07, 6.45) is 3.53. The number of aryl methyl sites for hydroxylation is 2. The molecule has 0 radical (unpaired) electrons. The van der Waals surface area contributed by atoms with E-state index in [1.807, 2.05) is 0 Å². The first-order chi connectivity index (χ1) is 9.56. The van der Waals surface area contributed by atoms with E-state index in [1.54, 1.807) is 5.57 Å². The fourth-order valence-corrected chi connectivity index (χ4v) is 3.03. The van der Waals surface area contributed by atoms with Crippen LogP contribution in [0.4, 0.5) is 0 Å². The fraction of sp³-hybridized carbons (Fsp3) is 0.300. The molecule has 3 rings (SSSR count). The lowest BCUT2D eigenvalue weighted by Gasteiger charge is -2.11. The predicted octanol–water partition coefficient (Wildman–Crippen LogP) is 5.57. The van der Waals surface area contributed by atoms with Gasteiger partial charge in [-0.1, -0.05) is 67.5 Å². The average Bonchev–Trinajstić information content (AvgIpc) is 2.85. The summed E-state index contributed by atoms with van der Waals surface area (Å²) < 4.78 is 0. The Labute approximate surface area is 122 Å². The van der Waals surface area contributed by atoms with Gasteiger partial charge in [0.15, 0.2) is 0 Å². The van der Waals surface area contributed by atoms with E-state index in [0.29, 0.717) is 5.92 Å². The third kappa shape index (κ3) is 2.20. The molecule has 0 N–H and O–H groups in total. The molecule has 1 aliphatic rings. The molecule has 2 aromatic carbocycles. The normalized spacial score (nSPS) is 13.6. The largest absolute Gasteiger partial charge is 0.0626 e. The molecule has 0 heterocycles. The van der Waals surface area contributed by atoms with Gasteiger partial charge in [-0.05, 0) is 54.0 Å². The Balaban J connectivity index is 2.18.